The summed E-state index contributed by atoms with van der Waals surface area (Å²) in [6.45, 7) is 8.99. The van der Waals surface area contributed by atoms with Gasteiger partial charge in [-0.2, -0.15) is 0 Å². The quantitative estimate of drug-likeness (QED) is 0.271. The van der Waals surface area contributed by atoms with Crippen LogP contribution in [0.2, 0.25) is 0 Å². The van der Waals surface area contributed by atoms with Crippen molar-refractivity contribution in [3.8, 4) is 22.8 Å². The second kappa shape index (κ2) is 6.78. The number of imidazole rings is 1. The maximum atomic E-state index is 10.5. The molecule has 35 heavy (non-hydrogen) atoms. The molecule has 1 spiro atoms. The van der Waals surface area contributed by atoms with E-state index in [0.29, 0.717) is 18.8 Å². The number of ether oxygens (including phenoxy) is 2. The molecule has 5 heterocycles. The normalized spacial score (nSPS) is 21.5. The van der Waals surface area contributed by atoms with E-state index in [1.165, 1.54) is 21.4 Å². The Bertz CT molecular complexity index is 1540. The highest BCUT2D eigenvalue weighted by Crippen LogP contribution is 2.59. The van der Waals surface area contributed by atoms with Gasteiger partial charge in [-0.05, 0) is 34.4 Å². The highest BCUT2D eigenvalue weighted by molar-refractivity contribution is 5.80. The van der Waals surface area contributed by atoms with Crippen LogP contribution in [0.25, 0.3) is 16.9 Å². The molecule has 3 aromatic heterocycles. The molecular formula is C26H27N6O3+. The molecular weight excluding hydrogens is 444 g/mol. The van der Waals surface area contributed by atoms with Crippen LogP contribution in [0.5, 0.6) is 11.5 Å². The van der Waals surface area contributed by atoms with Gasteiger partial charge in [-0.25, -0.2) is 4.57 Å². The van der Waals surface area contributed by atoms with Crippen molar-refractivity contribution in [1.82, 2.24) is 19.3 Å². The molecule has 3 aliphatic rings. The monoisotopic (exact) mass is 471 g/mol. The molecule has 9 nitrogen and oxygen atoms in total. The van der Waals surface area contributed by atoms with Gasteiger partial charge in [-0.1, -0.05) is 12.1 Å². The van der Waals surface area contributed by atoms with Gasteiger partial charge in [0.05, 0.1) is 18.0 Å². The summed E-state index contributed by atoms with van der Waals surface area (Å²) in [7, 11) is 1.93. The van der Waals surface area contributed by atoms with E-state index in [-0.39, 0.29) is 11.5 Å². The van der Waals surface area contributed by atoms with Crippen LogP contribution in [-0.4, -0.2) is 37.2 Å². The molecule has 9 heteroatoms. The minimum absolute atomic E-state index is 0.0148. The highest BCUT2D eigenvalue weighted by Gasteiger charge is 2.63. The lowest BCUT2D eigenvalue weighted by Crippen LogP contribution is -2.32. The molecule has 2 atom stereocenters. The maximum absolute atomic E-state index is 10.5. The first-order valence-corrected chi connectivity index (χ1v) is 11.9. The molecule has 1 fully saturated rings. The topological polar surface area (TPSA) is 89.7 Å². The fourth-order valence-corrected chi connectivity index (χ4v) is 6.00. The number of fused-ring (bicyclic) bond motifs is 3. The fraction of sp³-hybridized carbons (Fsp3) is 0.346. The average molecular weight is 472 g/mol. The van der Waals surface area contributed by atoms with Gasteiger partial charge in [0.15, 0.2) is 28.6 Å². The van der Waals surface area contributed by atoms with Crippen molar-refractivity contribution >= 4 is 11.5 Å². The number of hydrogen-bond acceptors (Lipinski definition) is 6. The molecule has 0 amide bonds. The Hall–Kier alpha value is -4.01. The third-order valence-electron chi connectivity index (χ3n) is 8.01. The zero-order chi connectivity index (χ0) is 24.1. The third-order valence-corrected chi connectivity index (χ3v) is 8.01. The van der Waals surface area contributed by atoms with E-state index in [4.69, 9.17) is 9.47 Å². The molecule has 2 aliphatic heterocycles. The Balaban J connectivity index is 1.44. The van der Waals surface area contributed by atoms with Crippen molar-refractivity contribution in [2.24, 2.45) is 7.05 Å². The van der Waals surface area contributed by atoms with E-state index in [2.05, 4.69) is 34.2 Å². The Morgan fingerprint density at radius 3 is 2.97 bits per heavy atom. The smallest absolute Gasteiger partial charge is 0.293 e. The van der Waals surface area contributed by atoms with Gasteiger partial charge in [0.2, 0.25) is 0 Å². The zero-order valence-electron chi connectivity index (χ0n) is 20.0. The first-order valence-electron chi connectivity index (χ1n) is 11.9. The fourth-order valence-electron chi connectivity index (χ4n) is 6.00. The molecule has 0 bridgehead atoms. The van der Waals surface area contributed by atoms with Crippen LogP contribution in [0.4, 0.5) is 5.82 Å². The summed E-state index contributed by atoms with van der Waals surface area (Å²) in [6, 6.07) is 6.26. The molecule has 0 radical (unpaired) electrons. The van der Waals surface area contributed by atoms with Crippen molar-refractivity contribution in [2.75, 3.05) is 11.9 Å². The Morgan fingerprint density at radius 2 is 2.20 bits per heavy atom. The summed E-state index contributed by atoms with van der Waals surface area (Å²) in [6.07, 6.45) is 5.39. The number of nitrogens with one attached hydrogen (secondary N) is 1. The van der Waals surface area contributed by atoms with Crippen LogP contribution in [0.15, 0.2) is 37.2 Å². The van der Waals surface area contributed by atoms with Crippen LogP contribution in [0.1, 0.15) is 34.6 Å². The maximum Gasteiger partial charge on any atom is 0.293 e. The number of hydrogen-bond donors (Lipinski definition) is 2. The number of aromatic nitrogens is 5. The molecule has 1 aliphatic carbocycles. The first kappa shape index (κ1) is 20.4. The minimum atomic E-state index is -0.126. The van der Waals surface area contributed by atoms with Crippen LogP contribution in [0.3, 0.4) is 0 Å². The SMILES string of the molecule is C=CCc1ccc2c3c1CNc1c(cc(-c4c(C)n(O)c(C)[n+]4C)c4nncn14)O[C@@H]1CC31CO2. The molecule has 4 aromatic rings. The largest absolute Gasteiger partial charge is 0.492 e. The van der Waals surface area contributed by atoms with Crippen molar-refractivity contribution in [3.05, 3.63) is 65.4 Å². The predicted octanol–water partition coefficient (Wildman–Crippen LogP) is 3.01. The molecule has 7 rings (SSSR count). The van der Waals surface area contributed by atoms with Gasteiger partial charge in [0.1, 0.15) is 24.8 Å². The van der Waals surface area contributed by atoms with Gasteiger partial charge in [-0.3, -0.25) is 4.40 Å². The van der Waals surface area contributed by atoms with Crippen LogP contribution in [0, 0.1) is 13.8 Å². The molecule has 1 unspecified atom stereocenters. The van der Waals surface area contributed by atoms with Crippen molar-refractivity contribution < 1.29 is 19.2 Å². The number of allylic oxidation sites excluding steroid dienone is 1. The molecule has 178 valence electrons. The summed E-state index contributed by atoms with van der Waals surface area (Å²) in [5.74, 6) is 3.24. The summed E-state index contributed by atoms with van der Waals surface area (Å²) >= 11 is 0. The van der Waals surface area contributed by atoms with Crippen molar-refractivity contribution in [1.29, 1.82) is 0 Å². The van der Waals surface area contributed by atoms with E-state index in [9.17, 15) is 5.21 Å². The lowest BCUT2D eigenvalue weighted by atomic mass is 9.88. The van der Waals surface area contributed by atoms with Gasteiger partial charge in [0.25, 0.3) is 5.82 Å². The molecule has 2 N–H and O–H groups in total. The second-order valence-electron chi connectivity index (χ2n) is 9.83. The Morgan fingerprint density at radius 1 is 1.34 bits per heavy atom. The average Bonchev–Trinajstić information content (AvgIpc) is 3.14. The molecule has 1 saturated carbocycles. The Kier molecular flexibility index (Phi) is 3.94. The van der Waals surface area contributed by atoms with Crippen LogP contribution >= 0.6 is 0 Å². The lowest BCUT2D eigenvalue weighted by Gasteiger charge is -2.17. The zero-order valence-corrected chi connectivity index (χ0v) is 20.0. The van der Waals surface area contributed by atoms with E-state index in [1.54, 1.807) is 6.33 Å². The predicted molar refractivity (Wildman–Crippen MR) is 128 cm³/mol. The summed E-state index contributed by atoms with van der Waals surface area (Å²) in [5.41, 5.74) is 6.80. The van der Waals surface area contributed by atoms with Gasteiger partial charge < -0.3 is 20.0 Å². The van der Waals surface area contributed by atoms with Gasteiger partial charge in [0, 0.05) is 32.4 Å². The van der Waals surface area contributed by atoms with Crippen molar-refractivity contribution in [2.45, 2.75) is 44.8 Å². The number of anilines is 1. The minimum Gasteiger partial charge on any atom is -0.492 e. The highest BCUT2D eigenvalue weighted by atomic mass is 16.5. The number of benzene rings is 1. The number of pyridine rings is 1. The van der Waals surface area contributed by atoms with E-state index < -0.39 is 0 Å². The molecule has 1 aromatic carbocycles. The third kappa shape index (κ3) is 2.55. The van der Waals surface area contributed by atoms with Crippen molar-refractivity contribution in [3.63, 3.8) is 0 Å². The summed E-state index contributed by atoms with van der Waals surface area (Å²) in [4.78, 5) is 0. The standard InChI is InChI=1S/C26H27N6O3/c1-5-6-16-7-8-19-22-18(16)11-27-25-20(35-21-10-26(21,22)12-34-19)9-17(24-29-28-13-31(24)25)23-14(2)32(33)15(3)30(23)4/h5,7-9,13,21,27,33H,1,6,10-12H2,2-4H3/q+1/t21-,26?/m1/s1. The first-order chi connectivity index (χ1) is 16.9. The summed E-state index contributed by atoms with van der Waals surface area (Å²) < 4.78 is 18.0. The summed E-state index contributed by atoms with van der Waals surface area (Å²) in [5, 5.41) is 22.8. The number of rotatable bonds is 3. The number of nitrogens with zero attached hydrogens (tertiary/aromatic N) is 5. The Labute approximate surface area is 202 Å². The molecule has 0 saturated heterocycles. The van der Waals surface area contributed by atoms with Gasteiger partial charge >= 0.3 is 0 Å². The van der Waals surface area contributed by atoms with E-state index in [1.807, 2.05) is 42.0 Å². The van der Waals surface area contributed by atoms with Crippen LogP contribution in [-0.2, 0) is 25.4 Å². The second-order valence-corrected chi connectivity index (χ2v) is 9.83. The van der Waals surface area contributed by atoms with E-state index in [0.717, 1.165) is 52.9 Å². The van der Waals surface area contributed by atoms with Gasteiger partial charge in [-0.15, -0.1) is 16.8 Å². The van der Waals surface area contributed by atoms with Crippen LogP contribution < -0.4 is 19.4 Å². The lowest BCUT2D eigenvalue weighted by molar-refractivity contribution is -0.668. The van der Waals surface area contributed by atoms with E-state index >= 15 is 0 Å².